The largest absolute Gasteiger partial charge is 0.295 e. The van der Waals surface area contributed by atoms with Crippen LogP contribution in [0.15, 0.2) is 11.6 Å². The van der Waals surface area contributed by atoms with Gasteiger partial charge in [-0.3, -0.25) is 4.79 Å². The molecule has 0 radical (unpaired) electrons. The molecule has 2 aliphatic rings. The Kier molecular flexibility index (Phi) is 2.90. The first-order valence-corrected chi connectivity index (χ1v) is 6.04. The molecule has 1 unspecified atom stereocenters. The molecule has 0 bridgehead atoms. The summed E-state index contributed by atoms with van der Waals surface area (Å²) in [7, 11) is 0. The van der Waals surface area contributed by atoms with E-state index in [1.807, 2.05) is 0 Å². The summed E-state index contributed by atoms with van der Waals surface area (Å²) in [5.74, 6) is 0.242. The van der Waals surface area contributed by atoms with Gasteiger partial charge in [-0.2, -0.15) is 0 Å². The first-order valence-electron chi connectivity index (χ1n) is 5.17. The van der Waals surface area contributed by atoms with Crippen LogP contribution in [0, 0.1) is 5.41 Å². The smallest absolute Gasteiger partial charge is 0.155 e. The van der Waals surface area contributed by atoms with Crippen LogP contribution in [0.4, 0.5) is 0 Å². The number of halogens is 2. The number of allylic oxidation sites excluding steroid dienone is 2. The van der Waals surface area contributed by atoms with Crippen molar-refractivity contribution in [2.75, 3.05) is 0 Å². The Morgan fingerprint density at radius 1 is 1.21 bits per heavy atom. The van der Waals surface area contributed by atoms with Crippen LogP contribution >= 0.6 is 23.2 Å². The highest BCUT2D eigenvalue weighted by Gasteiger charge is 2.43. The minimum absolute atomic E-state index is 0.0741. The van der Waals surface area contributed by atoms with Crippen LogP contribution in [-0.2, 0) is 4.79 Å². The van der Waals surface area contributed by atoms with E-state index >= 15 is 0 Å². The van der Waals surface area contributed by atoms with Crippen LogP contribution in [0.2, 0.25) is 0 Å². The fraction of sp³-hybridized carbons (Fsp3) is 0.727. The number of rotatable bonds is 1. The highest BCUT2D eigenvalue weighted by Crippen LogP contribution is 2.52. The predicted octanol–water partition coefficient (Wildman–Crippen LogP) is 3.64. The van der Waals surface area contributed by atoms with Gasteiger partial charge in [0.15, 0.2) is 5.78 Å². The molecule has 2 rings (SSSR count). The molecule has 0 aromatic heterocycles. The molecule has 78 valence electrons. The topological polar surface area (TPSA) is 17.1 Å². The minimum Gasteiger partial charge on any atom is -0.295 e. The second-order valence-electron chi connectivity index (χ2n) is 4.30. The molecule has 0 saturated heterocycles. The van der Waals surface area contributed by atoms with Gasteiger partial charge in [-0.05, 0) is 31.8 Å². The first kappa shape index (κ1) is 10.5. The van der Waals surface area contributed by atoms with Gasteiger partial charge in [0.1, 0.15) is 4.84 Å². The van der Waals surface area contributed by atoms with Crippen molar-refractivity contribution < 1.29 is 4.79 Å². The molecule has 0 heterocycles. The molecule has 1 fully saturated rings. The molecule has 1 saturated carbocycles. The summed E-state index contributed by atoms with van der Waals surface area (Å²) in [5, 5.41) is 0. The zero-order valence-electron chi connectivity index (χ0n) is 8.06. The normalized spacial score (nSPS) is 32.8. The number of ketones is 1. The van der Waals surface area contributed by atoms with E-state index in [1.165, 1.54) is 18.4 Å². The molecular weight excluding hydrogens is 219 g/mol. The number of carbonyl (C=O) groups excluding carboxylic acids is 1. The number of carbonyl (C=O) groups is 1. The molecule has 1 nitrogen and oxygen atoms in total. The average molecular weight is 233 g/mol. The van der Waals surface area contributed by atoms with Crippen molar-refractivity contribution in [2.24, 2.45) is 5.41 Å². The Hall–Kier alpha value is -0.0100. The molecule has 0 aliphatic heterocycles. The van der Waals surface area contributed by atoms with Gasteiger partial charge in [0, 0.05) is 11.8 Å². The maximum atomic E-state index is 11.3. The van der Waals surface area contributed by atoms with Gasteiger partial charge in [-0.25, -0.2) is 0 Å². The monoisotopic (exact) mass is 232 g/mol. The minimum atomic E-state index is -0.359. The molecule has 0 aromatic carbocycles. The Balaban J connectivity index is 2.35. The van der Waals surface area contributed by atoms with Crippen molar-refractivity contribution in [3.63, 3.8) is 0 Å². The molecule has 14 heavy (non-hydrogen) atoms. The maximum Gasteiger partial charge on any atom is 0.155 e. The highest BCUT2D eigenvalue weighted by molar-refractivity contribution is 6.45. The lowest BCUT2D eigenvalue weighted by Crippen LogP contribution is -2.36. The number of hydrogen-bond donors (Lipinski definition) is 0. The molecular formula is C11H14Cl2O. The zero-order valence-corrected chi connectivity index (χ0v) is 9.57. The Bertz CT molecular complexity index is 283. The van der Waals surface area contributed by atoms with E-state index in [2.05, 4.69) is 0 Å². The van der Waals surface area contributed by atoms with E-state index in [9.17, 15) is 4.79 Å². The summed E-state index contributed by atoms with van der Waals surface area (Å²) >= 11 is 12.2. The van der Waals surface area contributed by atoms with Crippen molar-refractivity contribution >= 4 is 29.0 Å². The standard InChI is InChI=1S/C11H14Cl2O/c12-10(13)11-5-2-1-3-8(11)7-9(14)4-6-11/h7,10H,1-6H2. The molecule has 2 aliphatic carbocycles. The third-order valence-corrected chi connectivity index (χ3v) is 4.36. The van der Waals surface area contributed by atoms with Gasteiger partial charge in [-0.15, -0.1) is 23.2 Å². The summed E-state index contributed by atoms with van der Waals surface area (Å²) in [5.41, 5.74) is 1.13. The van der Waals surface area contributed by atoms with Gasteiger partial charge in [0.25, 0.3) is 0 Å². The van der Waals surface area contributed by atoms with Gasteiger partial charge in [0.2, 0.25) is 0 Å². The van der Waals surface area contributed by atoms with E-state index in [0.717, 1.165) is 19.3 Å². The second-order valence-corrected chi connectivity index (χ2v) is 5.40. The number of fused-ring (bicyclic) bond motifs is 1. The maximum absolute atomic E-state index is 11.3. The predicted molar refractivity (Wildman–Crippen MR) is 58.7 cm³/mol. The average Bonchev–Trinajstić information content (AvgIpc) is 2.17. The Morgan fingerprint density at radius 2 is 2.00 bits per heavy atom. The van der Waals surface area contributed by atoms with E-state index in [4.69, 9.17) is 23.2 Å². The van der Waals surface area contributed by atoms with E-state index in [1.54, 1.807) is 6.08 Å². The van der Waals surface area contributed by atoms with Crippen molar-refractivity contribution in [3.05, 3.63) is 11.6 Å². The van der Waals surface area contributed by atoms with E-state index < -0.39 is 0 Å². The van der Waals surface area contributed by atoms with Gasteiger partial charge < -0.3 is 0 Å². The Labute approximate surface area is 94.5 Å². The first-order chi connectivity index (χ1) is 6.65. The van der Waals surface area contributed by atoms with E-state index in [0.29, 0.717) is 6.42 Å². The second kappa shape index (κ2) is 3.86. The summed E-state index contributed by atoms with van der Waals surface area (Å²) in [4.78, 5) is 11.0. The quantitative estimate of drug-likeness (QED) is 0.632. The van der Waals surface area contributed by atoms with Gasteiger partial charge >= 0.3 is 0 Å². The van der Waals surface area contributed by atoms with Crippen molar-refractivity contribution in [1.29, 1.82) is 0 Å². The number of alkyl halides is 2. The van der Waals surface area contributed by atoms with Crippen LogP contribution in [0.1, 0.15) is 38.5 Å². The van der Waals surface area contributed by atoms with Gasteiger partial charge in [-0.1, -0.05) is 12.0 Å². The van der Waals surface area contributed by atoms with Crippen molar-refractivity contribution in [1.82, 2.24) is 0 Å². The zero-order chi connectivity index (χ0) is 10.2. The van der Waals surface area contributed by atoms with Crippen LogP contribution in [0.3, 0.4) is 0 Å². The van der Waals surface area contributed by atoms with Crippen LogP contribution in [0.5, 0.6) is 0 Å². The van der Waals surface area contributed by atoms with E-state index in [-0.39, 0.29) is 16.0 Å². The number of hydrogen-bond acceptors (Lipinski definition) is 1. The molecule has 0 aromatic rings. The third-order valence-electron chi connectivity index (χ3n) is 3.53. The highest BCUT2D eigenvalue weighted by atomic mass is 35.5. The lowest BCUT2D eigenvalue weighted by Gasteiger charge is -2.43. The lowest BCUT2D eigenvalue weighted by atomic mass is 9.66. The lowest BCUT2D eigenvalue weighted by molar-refractivity contribution is -0.115. The fourth-order valence-corrected chi connectivity index (χ4v) is 3.35. The van der Waals surface area contributed by atoms with Crippen LogP contribution < -0.4 is 0 Å². The SMILES string of the molecule is O=C1C=C2CCCCC2(C(Cl)Cl)CC1. The summed E-state index contributed by atoms with van der Waals surface area (Å²) in [6.45, 7) is 0. The fourth-order valence-electron chi connectivity index (χ4n) is 2.64. The van der Waals surface area contributed by atoms with Crippen molar-refractivity contribution in [2.45, 2.75) is 43.4 Å². The molecule has 1 atom stereocenters. The summed E-state index contributed by atoms with van der Waals surface area (Å²) in [6.07, 6.45) is 7.64. The summed E-state index contributed by atoms with van der Waals surface area (Å²) < 4.78 is 0. The molecule has 3 heteroatoms. The molecule has 0 spiro atoms. The van der Waals surface area contributed by atoms with Gasteiger partial charge in [0.05, 0.1) is 0 Å². The van der Waals surface area contributed by atoms with Crippen LogP contribution in [0.25, 0.3) is 0 Å². The van der Waals surface area contributed by atoms with Crippen LogP contribution in [-0.4, -0.2) is 10.6 Å². The molecule has 0 N–H and O–H groups in total. The third kappa shape index (κ3) is 1.61. The van der Waals surface area contributed by atoms with Crippen molar-refractivity contribution in [3.8, 4) is 0 Å². The summed E-state index contributed by atoms with van der Waals surface area (Å²) in [6, 6.07) is 0. The molecule has 0 amide bonds. The Morgan fingerprint density at radius 3 is 2.71 bits per heavy atom.